The van der Waals surface area contributed by atoms with Crippen LogP contribution in [0.3, 0.4) is 0 Å². The largest absolute Gasteiger partial charge is 0.388 e. The second-order valence-electron chi connectivity index (χ2n) is 6.57. The van der Waals surface area contributed by atoms with Gasteiger partial charge in [-0.25, -0.2) is 0 Å². The third-order valence-corrected chi connectivity index (χ3v) is 5.02. The number of guanidine groups is 1. The maximum absolute atomic E-state index is 10.5. The number of rotatable bonds is 3. The fourth-order valence-electron chi connectivity index (χ4n) is 3.79. The van der Waals surface area contributed by atoms with Crippen LogP contribution in [-0.2, 0) is 4.74 Å². The lowest BCUT2D eigenvalue weighted by molar-refractivity contribution is 0.00853. The fraction of sp³-hybridized carbons (Fsp3) is 0.933. The molecule has 0 spiro atoms. The first kappa shape index (κ1) is 17.3. The van der Waals surface area contributed by atoms with Crippen LogP contribution in [0, 0.1) is 0 Å². The second-order valence-corrected chi connectivity index (χ2v) is 6.57. The summed E-state index contributed by atoms with van der Waals surface area (Å²) >= 11 is 0. The molecular formula is C15H28IN3O2. The molecule has 3 aliphatic rings. The summed E-state index contributed by atoms with van der Waals surface area (Å²) in [6.45, 7) is 0.592. The summed E-state index contributed by atoms with van der Waals surface area (Å²) in [5, 5.41) is 17.3. The van der Waals surface area contributed by atoms with E-state index in [1.807, 2.05) is 0 Å². The molecule has 3 fully saturated rings. The van der Waals surface area contributed by atoms with Gasteiger partial charge in [0.05, 0.1) is 23.9 Å². The van der Waals surface area contributed by atoms with Crippen molar-refractivity contribution >= 4 is 29.9 Å². The van der Waals surface area contributed by atoms with E-state index in [9.17, 15) is 5.11 Å². The van der Waals surface area contributed by atoms with Crippen molar-refractivity contribution in [2.24, 2.45) is 4.99 Å². The summed E-state index contributed by atoms with van der Waals surface area (Å²) in [6, 6.07) is 0.376. The quantitative estimate of drug-likeness (QED) is 0.378. The Balaban J connectivity index is 0.00000161. The van der Waals surface area contributed by atoms with Crippen LogP contribution in [0.2, 0.25) is 0 Å². The first-order chi connectivity index (χ1) is 9.68. The van der Waals surface area contributed by atoms with E-state index in [2.05, 4.69) is 15.6 Å². The second kappa shape index (κ2) is 7.46. The summed E-state index contributed by atoms with van der Waals surface area (Å²) < 4.78 is 5.85. The van der Waals surface area contributed by atoms with Crippen molar-refractivity contribution in [3.63, 3.8) is 0 Å². The monoisotopic (exact) mass is 409 g/mol. The molecule has 1 saturated carbocycles. The summed E-state index contributed by atoms with van der Waals surface area (Å²) in [5.74, 6) is 0.796. The minimum Gasteiger partial charge on any atom is -0.388 e. The number of nitrogens with zero attached hydrogens (tertiary/aromatic N) is 1. The molecule has 0 aromatic carbocycles. The van der Waals surface area contributed by atoms with Crippen molar-refractivity contribution in [1.82, 2.24) is 10.6 Å². The Labute approximate surface area is 144 Å². The van der Waals surface area contributed by atoms with Gasteiger partial charge in [-0.1, -0.05) is 19.3 Å². The Morgan fingerprint density at radius 3 is 2.62 bits per heavy atom. The number of hydrogen-bond acceptors (Lipinski definition) is 3. The molecule has 2 bridgehead atoms. The average molecular weight is 409 g/mol. The number of nitrogens with one attached hydrogen (secondary N) is 2. The molecule has 1 aliphatic carbocycles. The molecule has 2 heterocycles. The molecular weight excluding hydrogens is 381 g/mol. The standard InChI is InChI=1S/C15H27N3O2.HI/c1-16-14(17-10-15(19)7-3-2-4-8-15)18-12-9-11-5-6-13(12)20-11;/h11-13,19H,2-10H2,1H3,(H2,16,17,18);1H. The van der Waals surface area contributed by atoms with Gasteiger partial charge in [0.2, 0.25) is 0 Å². The van der Waals surface area contributed by atoms with E-state index < -0.39 is 5.60 Å². The lowest BCUT2D eigenvalue weighted by Gasteiger charge is -2.33. The highest BCUT2D eigenvalue weighted by Gasteiger charge is 2.41. The zero-order valence-corrected chi connectivity index (χ0v) is 15.1. The van der Waals surface area contributed by atoms with Crippen LogP contribution in [0.4, 0.5) is 0 Å². The average Bonchev–Trinajstić information content (AvgIpc) is 3.06. The summed E-state index contributed by atoms with van der Waals surface area (Å²) in [4.78, 5) is 4.28. The molecule has 5 nitrogen and oxygen atoms in total. The van der Waals surface area contributed by atoms with Gasteiger partial charge >= 0.3 is 0 Å². The molecule has 3 N–H and O–H groups in total. The predicted molar refractivity (Wildman–Crippen MR) is 94.2 cm³/mol. The SMILES string of the molecule is CN=C(NCC1(O)CCCCC1)NC1CC2CCC1O2.I. The Kier molecular flexibility index (Phi) is 6.14. The number of hydrogen-bond donors (Lipinski definition) is 3. The van der Waals surface area contributed by atoms with Gasteiger partial charge in [-0.3, -0.25) is 4.99 Å². The van der Waals surface area contributed by atoms with E-state index in [0.29, 0.717) is 24.8 Å². The smallest absolute Gasteiger partial charge is 0.191 e. The van der Waals surface area contributed by atoms with Crippen LogP contribution < -0.4 is 10.6 Å². The van der Waals surface area contributed by atoms with E-state index in [1.165, 1.54) is 12.8 Å². The van der Waals surface area contributed by atoms with Gasteiger partial charge < -0.3 is 20.5 Å². The van der Waals surface area contributed by atoms with Gasteiger partial charge in [-0.2, -0.15) is 0 Å². The minimum absolute atomic E-state index is 0. The molecule has 122 valence electrons. The highest BCUT2D eigenvalue weighted by atomic mass is 127. The molecule has 3 rings (SSSR count). The lowest BCUT2D eigenvalue weighted by atomic mass is 9.85. The topological polar surface area (TPSA) is 65.9 Å². The fourth-order valence-corrected chi connectivity index (χ4v) is 3.79. The van der Waals surface area contributed by atoms with E-state index in [0.717, 1.165) is 44.5 Å². The van der Waals surface area contributed by atoms with Gasteiger partial charge in [0.1, 0.15) is 0 Å². The number of halogens is 1. The van der Waals surface area contributed by atoms with Crippen molar-refractivity contribution in [3.05, 3.63) is 0 Å². The summed E-state index contributed by atoms with van der Waals surface area (Å²) in [7, 11) is 1.79. The predicted octanol–water partition coefficient (Wildman–Crippen LogP) is 1.78. The highest BCUT2D eigenvalue weighted by Crippen LogP contribution is 2.34. The molecule has 21 heavy (non-hydrogen) atoms. The van der Waals surface area contributed by atoms with Crippen LogP contribution in [0.5, 0.6) is 0 Å². The Morgan fingerprint density at radius 1 is 1.29 bits per heavy atom. The zero-order valence-electron chi connectivity index (χ0n) is 12.8. The first-order valence-corrected chi connectivity index (χ1v) is 8.04. The highest BCUT2D eigenvalue weighted by molar-refractivity contribution is 14.0. The van der Waals surface area contributed by atoms with Crippen molar-refractivity contribution in [3.8, 4) is 0 Å². The van der Waals surface area contributed by atoms with Gasteiger partial charge in [-0.05, 0) is 32.1 Å². The molecule has 0 radical (unpaired) electrons. The zero-order chi connectivity index (χ0) is 14.0. The number of ether oxygens (including phenoxy) is 1. The number of aliphatic imine (C=N–C) groups is 1. The molecule has 3 unspecified atom stereocenters. The van der Waals surface area contributed by atoms with Gasteiger partial charge in [-0.15, -0.1) is 24.0 Å². The van der Waals surface area contributed by atoms with Crippen molar-refractivity contribution in [1.29, 1.82) is 0 Å². The van der Waals surface area contributed by atoms with E-state index in [1.54, 1.807) is 7.05 Å². The molecule has 2 saturated heterocycles. The number of aliphatic hydroxyl groups is 1. The van der Waals surface area contributed by atoms with Crippen molar-refractivity contribution < 1.29 is 9.84 Å². The van der Waals surface area contributed by atoms with E-state index in [-0.39, 0.29) is 24.0 Å². The first-order valence-electron chi connectivity index (χ1n) is 8.04. The normalized spacial score (nSPS) is 34.4. The maximum Gasteiger partial charge on any atom is 0.191 e. The van der Waals surface area contributed by atoms with Crippen LogP contribution in [-0.4, -0.2) is 48.5 Å². The molecule has 0 aromatic heterocycles. The lowest BCUT2D eigenvalue weighted by Crippen LogP contribution is -2.52. The minimum atomic E-state index is -0.555. The van der Waals surface area contributed by atoms with E-state index in [4.69, 9.17) is 4.74 Å². The molecule has 0 aromatic rings. The van der Waals surface area contributed by atoms with Gasteiger partial charge in [0.25, 0.3) is 0 Å². The van der Waals surface area contributed by atoms with Crippen LogP contribution in [0.1, 0.15) is 51.4 Å². The summed E-state index contributed by atoms with van der Waals surface area (Å²) in [6.07, 6.45) is 9.53. The Bertz CT molecular complexity index is 372. The molecule has 0 amide bonds. The van der Waals surface area contributed by atoms with Crippen LogP contribution in [0.25, 0.3) is 0 Å². The van der Waals surface area contributed by atoms with Gasteiger partial charge in [0, 0.05) is 13.6 Å². The molecule has 3 atom stereocenters. The molecule has 6 heteroatoms. The molecule has 2 aliphatic heterocycles. The Morgan fingerprint density at radius 2 is 2.05 bits per heavy atom. The summed E-state index contributed by atoms with van der Waals surface area (Å²) in [5.41, 5.74) is -0.555. The van der Waals surface area contributed by atoms with Crippen LogP contribution in [0.15, 0.2) is 4.99 Å². The third-order valence-electron chi connectivity index (χ3n) is 5.02. The number of fused-ring (bicyclic) bond motifs is 2. The van der Waals surface area contributed by atoms with E-state index >= 15 is 0 Å². The van der Waals surface area contributed by atoms with Crippen molar-refractivity contribution in [2.45, 2.75) is 75.2 Å². The maximum atomic E-state index is 10.5. The van der Waals surface area contributed by atoms with Gasteiger partial charge in [0.15, 0.2) is 5.96 Å². The third kappa shape index (κ3) is 4.22. The van der Waals surface area contributed by atoms with Crippen molar-refractivity contribution in [2.75, 3.05) is 13.6 Å². The van der Waals surface area contributed by atoms with Crippen LogP contribution >= 0.6 is 24.0 Å². The Hall–Kier alpha value is -0.0800.